The van der Waals surface area contributed by atoms with Gasteiger partial charge in [0, 0.05) is 17.8 Å². The fourth-order valence-corrected chi connectivity index (χ4v) is 4.62. The molecule has 0 spiro atoms. The summed E-state index contributed by atoms with van der Waals surface area (Å²) in [6.45, 7) is 7.01. The molecular weight excluding hydrogens is 406 g/mol. The standard InChI is InChI=1S/C21H25N3O3S2/c1-14(2)13-24-19-8-6-5-7-18(19)22-21(24)28-15(3)20(25)16-9-11-17(12-10-16)23-29(4,26)27/h5-12,14-15,23H,13H2,1-4H3. The normalized spacial score (nSPS) is 13.0. The van der Waals surface area contributed by atoms with E-state index in [0.29, 0.717) is 17.2 Å². The molecule has 3 aromatic rings. The molecule has 0 amide bonds. The van der Waals surface area contributed by atoms with Crippen molar-refractivity contribution in [3.05, 3.63) is 54.1 Å². The molecule has 0 aliphatic carbocycles. The molecule has 0 bridgehead atoms. The van der Waals surface area contributed by atoms with Crippen molar-refractivity contribution in [1.29, 1.82) is 0 Å². The minimum Gasteiger partial charge on any atom is -0.319 e. The van der Waals surface area contributed by atoms with Gasteiger partial charge in [-0.2, -0.15) is 0 Å². The molecule has 154 valence electrons. The lowest BCUT2D eigenvalue weighted by Gasteiger charge is -2.14. The number of hydrogen-bond donors (Lipinski definition) is 1. The Kier molecular flexibility index (Phi) is 6.33. The Labute approximate surface area is 175 Å². The molecule has 0 aliphatic heterocycles. The van der Waals surface area contributed by atoms with Crippen molar-refractivity contribution in [3.63, 3.8) is 0 Å². The van der Waals surface area contributed by atoms with Crippen molar-refractivity contribution >= 4 is 44.3 Å². The van der Waals surface area contributed by atoms with Gasteiger partial charge in [0.05, 0.1) is 22.5 Å². The first-order valence-electron chi connectivity index (χ1n) is 9.38. The van der Waals surface area contributed by atoms with Gasteiger partial charge in [0.25, 0.3) is 0 Å². The molecule has 8 heteroatoms. The fraction of sp³-hybridized carbons (Fsp3) is 0.333. The number of sulfonamides is 1. The van der Waals surface area contributed by atoms with Crippen LogP contribution in [0, 0.1) is 5.92 Å². The first-order chi connectivity index (χ1) is 13.6. The number of imidazole rings is 1. The van der Waals surface area contributed by atoms with Crippen molar-refractivity contribution in [3.8, 4) is 0 Å². The summed E-state index contributed by atoms with van der Waals surface area (Å²) in [6.07, 6.45) is 1.09. The Morgan fingerprint density at radius 3 is 2.38 bits per heavy atom. The van der Waals surface area contributed by atoms with E-state index in [1.54, 1.807) is 24.3 Å². The molecule has 0 fully saturated rings. The van der Waals surface area contributed by atoms with Crippen molar-refractivity contribution in [2.24, 2.45) is 5.92 Å². The number of benzene rings is 2. The molecule has 2 aromatic carbocycles. The molecule has 29 heavy (non-hydrogen) atoms. The van der Waals surface area contributed by atoms with E-state index in [1.165, 1.54) is 11.8 Å². The second-order valence-corrected chi connectivity index (χ2v) is 10.5. The molecule has 3 rings (SSSR count). The van der Waals surface area contributed by atoms with Gasteiger partial charge in [0.1, 0.15) is 0 Å². The monoisotopic (exact) mass is 431 g/mol. The maximum absolute atomic E-state index is 12.9. The van der Waals surface area contributed by atoms with E-state index in [1.807, 2.05) is 25.1 Å². The third-order valence-corrected chi connectivity index (χ3v) is 5.99. The van der Waals surface area contributed by atoms with Crippen LogP contribution in [0.2, 0.25) is 0 Å². The first-order valence-corrected chi connectivity index (χ1v) is 12.1. The maximum Gasteiger partial charge on any atom is 0.229 e. The Balaban J connectivity index is 1.81. The summed E-state index contributed by atoms with van der Waals surface area (Å²) in [6, 6.07) is 14.5. The predicted molar refractivity (Wildman–Crippen MR) is 119 cm³/mol. The van der Waals surface area contributed by atoms with E-state index in [4.69, 9.17) is 4.98 Å². The molecule has 0 saturated heterocycles. The highest BCUT2D eigenvalue weighted by molar-refractivity contribution is 8.00. The lowest BCUT2D eigenvalue weighted by Crippen LogP contribution is -2.16. The lowest BCUT2D eigenvalue weighted by molar-refractivity contribution is 0.0994. The highest BCUT2D eigenvalue weighted by atomic mass is 32.2. The Morgan fingerprint density at radius 1 is 1.10 bits per heavy atom. The number of nitrogens with one attached hydrogen (secondary N) is 1. The molecule has 0 aliphatic rings. The van der Waals surface area contributed by atoms with Gasteiger partial charge in [-0.3, -0.25) is 9.52 Å². The van der Waals surface area contributed by atoms with Crippen LogP contribution in [0.1, 0.15) is 31.1 Å². The molecule has 6 nitrogen and oxygen atoms in total. The Hall–Kier alpha value is -2.32. The summed E-state index contributed by atoms with van der Waals surface area (Å²) in [5, 5.41) is 0.502. The number of hydrogen-bond acceptors (Lipinski definition) is 5. The average molecular weight is 432 g/mol. The van der Waals surface area contributed by atoms with E-state index >= 15 is 0 Å². The second kappa shape index (κ2) is 8.59. The number of ketones is 1. The number of nitrogens with zero attached hydrogens (tertiary/aromatic N) is 2. The quantitative estimate of drug-likeness (QED) is 0.422. The highest BCUT2D eigenvalue weighted by Crippen LogP contribution is 2.30. The minimum absolute atomic E-state index is 0.0240. The zero-order valence-corrected chi connectivity index (χ0v) is 18.5. The lowest BCUT2D eigenvalue weighted by atomic mass is 10.1. The molecule has 1 heterocycles. The first kappa shape index (κ1) is 21.4. The fourth-order valence-electron chi connectivity index (χ4n) is 3.05. The van der Waals surface area contributed by atoms with Gasteiger partial charge in [-0.25, -0.2) is 13.4 Å². The summed E-state index contributed by atoms with van der Waals surface area (Å²) in [7, 11) is -3.35. The molecule has 0 radical (unpaired) electrons. The van der Waals surface area contributed by atoms with Crippen LogP contribution in [0.25, 0.3) is 11.0 Å². The average Bonchev–Trinajstić information content (AvgIpc) is 2.97. The number of rotatable bonds is 8. The number of Topliss-reactive ketones (excluding diaryl/α,β-unsaturated/α-hetero) is 1. The largest absolute Gasteiger partial charge is 0.319 e. The molecule has 1 atom stereocenters. The van der Waals surface area contributed by atoms with Crippen LogP contribution in [-0.4, -0.2) is 35.3 Å². The molecule has 0 saturated carbocycles. The predicted octanol–water partition coefficient (Wildman–Crippen LogP) is 4.43. The molecule has 1 N–H and O–H groups in total. The zero-order valence-electron chi connectivity index (χ0n) is 16.9. The molecular formula is C21H25N3O3S2. The molecule has 1 unspecified atom stereocenters. The van der Waals surface area contributed by atoms with E-state index in [2.05, 4.69) is 29.2 Å². The number of carbonyl (C=O) groups is 1. The summed E-state index contributed by atoms with van der Waals surface area (Å²) in [4.78, 5) is 17.6. The summed E-state index contributed by atoms with van der Waals surface area (Å²) in [5.41, 5.74) is 2.96. The minimum atomic E-state index is -3.35. The van der Waals surface area contributed by atoms with Crippen LogP contribution in [-0.2, 0) is 16.6 Å². The third-order valence-electron chi connectivity index (χ3n) is 4.29. The Morgan fingerprint density at radius 2 is 1.76 bits per heavy atom. The van der Waals surface area contributed by atoms with Gasteiger partial charge in [-0.1, -0.05) is 37.7 Å². The number of thioether (sulfide) groups is 1. The van der Waals surface area contributed by atoms with Crippen LogP contribution >= 0.6 is 11.8 Å². The molecule has 1 aromatic heterocycles. The van der Waals surface area contributed by atoms with Crippen molar-refractivity contribution in [2.45, 2.75) is 37.7 Å². The van der Waals surface area contributed by atoms with Gasteiger partial charge in [-0.15, -0.1) is 0 Å². The summed E-state index contributed by atoms with van der Waals surface area (Å²) >= 11 is 1.45. The van der Waals surface area contributed by atoms with Gasteiger partial charge >= 0.3 is 0 Å². The van der Waals surface area contributed by atoms with Crippen molar-refractivity contribution in [2.75, 3.05) is 11.0 Å². The van der Waals surface area contributed by atoms with Crippen molar-refractivity contribution < 1.29 is 13.2 Å². The van der Waals surface area contributed by atoms with Crippen molar-refractivity contribution in [1.82, 2.24) is 9.55 Å². The SMILES string of the molecule is CC(C)Cn1c(SC(C)C(=O)c2ccc(NS(C)(=O)=O)cc2)nc2ccccc21. The third kappa shape index (κ3) is 5.39. The van der Waals surface area contributed by atoms with Crippen LogP contribution in [0.3, 0.4) is 0 Å². The van der Waals surface area contributed by atoms with Gasteiger partial charge in [0.2, 0.25) is 10.0 Å². The van der Waals surface area contributed by atoms with E-state index < -0.39 is 10.0 Å². The topological polar surface area (TPSA) is 81.1 Å². The number of aromatic nitrogens is 2. The zero-order chi connectivity index (χ0) is 21.2. The van der Waals surface area contributed by atoms with Gasteiger partial charge in [0.15, 0.2) is 10.9 Å². The van der Waals surface area contributed by atoms with Crippen LogP contribution in [0.15, 0.2) is 53.7 Å². The Bertz CT molecular complexity index is 1120. The maximum atomic E-state index is 12.9. The number of para-hydroxylation sites is 2. The van der Waals surface area contributed by atoms with E-state index in [-0.39, 0.29) is 11.0 Å². The smallest absolute Gasteiger partial charge is 0.229 e. The van der Waals surface area contributed by atoms with Crippen LogP contribution in [0.4, 0.5) is 5.69 Å². The van der Waals surface area contributed by atoms with Crippen LogP contribution < -0.4 is 4.72 Å². The van der Waals surface area contributed by atoms with Gasteiger partial charge < -0.3 is 4.57 Å². The summed E-state index contributed by atoms with van der Waals surface area (Å²) < 4.78 is 27.2. The van der Waals surface area contributed by atoms with Crippen LogP contribution in [0.5, 0.6) is 0 Å². The number of fused-ring (bicyclic) bond motifs is 1. The van der Waals surface area contributed by atoms with E-state index in [9.17, 15) is 13.2 Å². The number of carbonyl (C=O) groups excluding carboxylic acids is 1. The van der Waals surface area contributed by atoms with Gasteiger partial charge in [-0.05, 0) is 49.2 Å². The second-order valence-electron chi connectivity index (χ2n) is 7.46. The van der Waals surface area contributed by atoms with E-state index in [0.717, 1.165) is 29.0 Å². The number of anilines is 1. The summed E-state index contributed by atoms with van der Waals surface area (Å²) in [5.74, 6) is 0.428. The highest BCUT2D eigenvalue weighted by Gasteiger charge is 2.21.